The molecule has 0 spiro atoms. The average Bonchev–Trinajstić information content (AvgIpc) is 3.24. The maximum absolute atomic E-state index is 4.72. The molecule has 3 aromatic rings. The maximum atomic E-state index is 4.72. The number of hydrogen-bond donors (Lipinski definition) is 3. The molecule has 0 unspecified atom stereocenters. The van der Waals surface area contributed by atoms with Gasteiger partial charge in [0.05, 0.1) is 12.2 Å². The van der Waals surface area contributed by atoms with Crippen molar-refractivity contribution < 1.29 is 0 Å². The lowest BCUT2D eigenvalue weighted by Crippen LogP contribution is -2.37. The van der Waals surface area contributed by atoms with Gasteiger partial charge in [-0.3, -0.25) is 4.99 Å². The van der Waals surface area contributed by atoms with E-state index in [2.05, 4.69) is 78.1 Å². The van der Waals surface area contributed by atoms with Gasteiger partial charge < -0.3 is 15.6 Å². The molecule has 144 valence electrons. The molecular weight excluding hydrogens is 354 g/mol. The Morgan fingerprint density at radius 3 is 2.78 bits per heavy atom. The number of thiazole rings is 1. The van der Waals surface area contributed by atoms with Gasteiger partial charge in [-0.15, -0.1) is 11.3 Å². The van der Waals surface area contributed by atoms with Crippen molar-refractivity contribution in [2.45, 2.75) is 46.1 Å². The third kappa shape index (κ3) is 4.89. The van der Waals surface area contributed by atoms with Crippen LogP contribution in [0.3, 0.4) is 0 Å². The van der Waals surface area contributed by atoms with Crippen LogP contribution < -0.4 is 10.6 Å². The highest BCUT2D eigenvalue weighted by molar-refractivity contribution is 7.09. The van der Waals surface area contributed by atoms with Gasteiger partial charge in [-0.25, -0.2) is 4.98 Å². The molecule has 0 atom stereocenters. The van der Waals surface area contributed by atoms with Crippen molar-refractivity contribution in [2.75, 3.05) is 13.6 Å². The molecule has 3 rings (SSSR count). The Morgan fingerprint density at radius 1 is 1.26 bits per heavy atom. The fraction of sp³-hybridized carbons (Fsp3) is 0.429. The highest BCUT2D eigenvalue weighted by Crippen LogP contribution is 2.23. The number of aromatic nitrogens is 2. The summed E-state index contributed by atoms with van der Waals surface area (Å²) in [4.78, 5) is 12.4. The number of fused-ring (bicyclic) bond motifs is 1. The van der Waals surface area contributed by atoms with Gasteiger partial charge in [0.25, 0.3) is 0 Å². The predicted octanol–water partition coefficient (Wildman–Crippen LogP) is 4.14. The van der Waals surface area contributed by atoms with E-state index in [1.165, 1.54) is 22.0 Å². The Morgan fingerprint density at radius 2 is 2.07 bits per heavy atom. The third-order valence-electron chi connectivity index (χ3n) is 4.56. The number of nitrogens with zero attached hydrogens (tertiary/aromatic N) is 2. The van der Waals surface area contributed by atoms with E-state index in [1.807, 2.05) is 0 Å². The maximum Gasteiger partial charge on any atom is 0.191 e. The van der Waals surface area contributed by atoms with E-state index in [0.29, 0.717) is 6.54 Å². The van der Waals surface area contributed by atoms with Crippen molar-refractivity contribution in [3.05, 3.63) is 51.6 Å². The minimum Gasteiger partial charge on any atom is -0.361 e. The lowest BCUT2D eigenvalue weighted by atomic mass is 9.93. The fourth-order valence-corrected chi connectivity index (χ4v) is 3.90. The number of nitrogens with one attached hydrogen (secondary N) is 3. The summed E-state index contributed by atoms with van der Waals surface area (Å²) in [6, 6.07) is 6.54. The summed E-state index contributed by atoms with van der Waals surface area (Å²) in [5, 5.41) is 11.3. The van der Waals surface area contributed by atoms with Crippen molar-refractivity contribution in [1.82, 2.24) is 20.6 Å². The van der Waals surface area contributed by atoms with E-state index >= 15 is 0 Å². The quantitative estimate of drug-likeness (QED) is 0.458. The number of guanidine groups is 1. The highest BCUT2D eigenvalue weighted by atomic mass is 32.1. The van der Waals surface area contributed by atoms with Gasteiger partial charge in [0.15, 0.2) is 5.96 Å². The Kier molecular flexibility index (Phi) is 5.85. The first-order valence-corrected chi connectivity index (χ1v) is 10.2. The number of rotatable bonds is 5. The fourth-order valence-electron chi connectivity index (χ4n) is 2.94. The van der Waals surface area contributed by atoms with Crippen molar-refractivity contribution in [3.63, 3.8) is 0 Å². The van der Waals surface area contributed by atoms with Gasteiger partial charge in [0.1, 0.15) is 5.01 Å². The van der Waals surface area contributed by atoms with Crippen molar-refractivity contribution in [3.8, 4) is 0 Å². The van der Waals surface area contributed by atoms with E-state index in [4.69, 9.17) is 4.98 Å². The molecule has 0 amide bonds. The standard InChI is InChI=1S/C21H29N5S/c1-14-6-7-16-15(11-24-17(16)10-14)8-9-23-20(22-5)25-12-19-26-18(13-27-19)21(2,3)4/h6-7,10-11,13,24H,8-9,12H2,1-5H3,(H2,22,23,25). The molecule has 0 radical (unpaired) electrons. The van der Waals surface area contributed by atoms with Crippen LogP contribution in [0.2, 0.25) is 0 Å². The molecule has 0 aliphatic carbocycles. The molecule has 0 saturated carbocycles. The van der Waals surface area contributed by atoms with Gasteiger partial charge in [0, 0.05) is 41.5 Å². The predicted molar refractivity (Wildman–Crippen MR) is 116 cm³/mol. The SMILES string of the molecule is CN=C(NCCc1c[nH]c2cc(C)ccc12)NCc1nc(C(C)(C)C)cs1. The molecule has 0 aliphatic rings. The summed E-state index contributed by atoms with van der Waals surface area (Å²) in [5.41, 5.74) is 5.03. The van der Waals surface area contributed by atoms with Crippen molar-refractivity contribution >= 4 is 28.2 Å². The van der Waals surface area contributed by atoms with E-state index in [9.17, 15) is 0 Å². The molecule has 3 N–H and O–H groups in total. The van der Waals surface area contributed by atoms with Crippen LogP contribution in [-0.2, 0) is 18.4 Å². The van der Waals surface area contributed by atoms with Gasteiger partial charge in [-0.05, 0) is 30.5 Å². The molecule has 1 aromatic carbocycles. The number of aromatic amines is 1. The average molecular weight is 384 g/mol. The lowest BCUT2D eigenvalue weighted by molar-refractivity contribution is 0.570. The van der Waals surface area contributed by atoms with Gasteiger partial charge in [-0.2, -0.15) is 0 Å². The smallest absolute Gasteiger partial charge is 0.191 e. The number of aryl methyl sites for hydroxylation is 1. The van der Waals surface area contributed by atoms with Gasteiger partial charge >= 0.3 is 0 Å². The van der Waals surface area contributed by atoms with Crippen LogP contribution in [0, 0.1) is 6.92 Å². The Labute approximate surface area is 165 Å². The number of benzene rings is 1. The Hall–Kier alpha value is -2.34. The zero-order chi connectivity index (χ0) is 19.4. The minimum atomic E-state index is 0.0898. The summed E-state index contributed by atoms with van der Waals surface area (Å²) in [6.45, 7) is 10.2. The normalized spacial score (nSPS) is 12.6. The zero-order valence-corrected chi connectivity index (χ0v) is 17.6. The van der Waals surface area contributed by atoms with E-state index in [-0.39, 0.29) is 5.41 Å². The van der Waals surface area contributed by atoms with E-state index < -0.39 is 0 Å². The number of H-pyrrole nitrogens is 1. The summed E-state index contributed by atoms with van der Waals surface area (Å²) < 4.78 is 0. The molecule has 0 aliphatic heterocycles. The summed E-state index contributed by atoms with van der Waals surface area (Å²) >= 11 is 1.69. The second-order valence-corrected chi connectivity index (χ2v) is 8.78. The van der Waals surface area contributed by atoms with Gasteiger partial charge in [-0.1, -0.05) is 32.9 Å². The first kappa shape index (κ1) is 19.4. The number of aliphatic imine (C=N–C) groups is 1. The summed E-state index contributed by atoms with van der Waals surface area (Å²) in [5.74, 6) is 0.804. The van der Waals surface area contributed by atoms with Crippen molar-refractivity contribution in [2.24, 2.45) is 4.99 Å². The first-order valence-electron chi connectivity index (χ1n) is 9.33. The van der Waals surface area contributed by atoms with Gasteiger partial charge in [0.2, 0.25) is 0 Å². The van der Waals surface area contributed by atoms with E-state index in [1.54, 1.807) is 18.4 Å². The van der Waals surface area contributed by atoms with Crippen LogP contribution in [0.5, 0.6) is 0 Å². The molecule has 0 bridgehead atoms. The second kappa shape index (κ2) is 8.13. The summed E-state index contributed by atoms with van der Waals surface area (Å²) in [7, 11) is 1.80. The van der Waals surface area contributed by atoms with Crippen LogP contribution in [0.1, 0.15) is 42.6 Å². The third-order valence-corrected chi connectivity index (χ3v) is 5.41. The van der Waals surface area contributed by atoms with Crippen LogP contribution in [0.4, 0.5) is 0 Å². The van der Waals surface area contributed by atoms with Crippen LogP contribution in [0.25, 0.3) is 10.9 Å². The van der Waals surface area contributed by atoms with E-state index in [0.717, 1.165) is 29.6 Å². The Bertz CT molecular complexity index is 930. The first-order chi connectivity index (χ1) is 12.9. The van der Waals surface area contributed by atoms with Crippen molar-refractivity contribution in [1.29, 1.82) is 0 Å². The molecule has 2 heterocycles. The molecule has 6 heteroatoms. The van der Waals surface area contributed by atoms with Crippen LogP contribution in [0.15, 0.2) is 34.8 Å². The Balaban J connectivity index is 1.51. The zero-order valence-electron chi connectivity index (χ0n) is 16.8. The molecular formula is C21H29N5S. The summed E-state index contributed by atoms with van der Waals surface area (Å²) in [6.07, 6.45) is 3.04. The molecule has 0 saturated heterocycles. The topological polar surface area (TPSA) is 65.1 Å². The monoisotopic (exact) mass is 383 g/mol. The molecule has 27 heavy (non-hydrogen) atoms. The minimum absolute atomic E-state index is 0.0898. The second-order valence-electron chi connectivity index (χ2n) is 7.84. The van der Waals surface area contributed by atoms with Crippen LogP contribution in [-0.4, -0.2) is 29.5 Å². The molecule has 0 fully saturated rings. The highest BCUT2D eigenvalue weighted by Gasteiger charge is 2.17. The van der Waals surface area contributed by atoms with Crippen LogP contribution >= 0.6 is 11.3 Å². The molecule has 5 nitrogen and oxygen atoms in total. The number of hydrogen-bond acceptors (Lipinski definition) is 3. The largest absolute Gasteiger partial charge is 0.361 e. The lowest BCUT2D eigenvalue weighted by Gasteiger charge is -2.14. The molecule has 2 aromatic heterocycles.